The molecule has 3 rings (SSSR count). The Bertz CT molecular complexity index is 456. The van der Waals surface area contributed by atoms with Gasteiger partial charge in [0.15, 0.2) is 0 Å². The van der Waals surface area contributed by atoms with E-state index in [1.165, 1.54) is 6.42 Å². The van der Waals surface area contributed by atoms with E-state index in [0.29, 0.717) is 13.2 Å². The molecule has 1 aliphatic heterocycles. The molecule has 1 saturated heterocycles. The van der Waals surface area contributed by atoms with Crippen molar-refractivity contribution in [1.29, 1.82) is 0 Å². The summed E-state index contributed by atoms with van der Waals surface area (Å²) in [5, 5.41) is 0. The van der Waals surface area contributed by atoms with Crippen molar-refractivity contribution in [2.45, 2.75) is 31.9 Å². The molecule has 0 aromatic heterocycles. The van der Waals surface area contributed by atoms with Gasteiger partial charge in [0, 0.05) is 24.5 Å². The van der Waals surface area contributed by atoms with Crippen molar-refractivity contribution in [3.63, 3.8) is 0 Å². The molecule has 2 fully saturated rings. The fourth-order valence-corrected chi connectivity index (χ4v) is 3.10. The summed E-state index contributed by atoms with van der Waals surface area (Å²) < 4.78 is 5.35. The Morgan fingerprint density at radius 3 is 2.68 bits per heavy atom. The van der Waals surface area contributed by atoms with Crippen molar-refractivity contribution >= 4 is 6.09 Å². The first-order valence-electron chi connectivity index (χ1n) is 6.91. The molecule has 1 atom stereocenters. The molecular weight excluding hydrogens is 240 g/mol. The van der Waals surface area contributed by atoms with Gasteiger partial charge < -0.3 is 15.4 Å². The maximum absolute atomic E-state index is 12.0. The molecule has 1 aliphatic carbocycles. The summed E-state index contributed by atoms with van der Waals surface area (Å²) in [6.07, 6.45) is 3.30. The summed E-state index contributed by atoms with van der Waals surface area (Å²) in [5.41, 5.74) is 7.36. The SMILES string of the molecule is NC1CN(C(=O)OCc2ccccc2)CC12CCC2. The number of carbonyl (C=O) groups excluding carboxylic acids is 1. The van der Waals surface area contributed by atoms with Gasteiger partial charge in [0.2, 0.25) is 0 Å². The largest absolute Gasteiger partial charge is 0.445 e. The van der Waals surface area contributed by atoms with E-state index in [-0.39, 0.29) is 17.6 Å². The van der Waals surface area contributed by atoms with Gasteiger partial charge in [-0.15, -0.1) is 0 Å². The number of benzene rings is 1. The number of likely N-dealkylation sites (tertiary alicyclic amines) is 1. The Balaban J connectivity index is 1.54. The first kappa shape index (κ1) is 12.5. The zero-order valence-corrected chi connectivity index (χ0v) is 11.0. The van der Waals surface area contributed by atoms with Crippen molar-refractivity contribution in [3.05, 3.63) is 35.9 Å². The zero-order chi connectivity index (χ0) is 13.3. The van der Waals surface area contributed by atoms with Crippen LogP contribution in [-0.2, 0) is 11.3 Å². The van der Waals surface area contributed by atoms with Crippen LogP contribution in [0.1, 0.15) is 24.8 Å². The van der Waals surface area contributed by atoms with Gasteiger partial charge in [-0.1, -0.05) is 36.8 Å². The third-order valence-corrected chi connectivity index (χ3v) is 4.52. The lowest BCUT2D eigenvalue weighted by Gasteiger charge is -2.41. The molecule has 102 valence electrons. The lowest BCUT2D eigenvalue weighted by Crippen LogP contribution is -2.45. The molecule has 1 heterocycles. The van der Waals surface area contributed by atoms with E-state index in [1.807, 2.05) is 30.3 Å². The van der Waals surface area contributed by atoms with Gasteiger partial charge in [-0.3, -0.25) is 0 Å². The first-order chi connectivity index (χ1) is 9.20. The van der Waals surface area contributed by atoms with E-state index in [0.717, 1.165) is 24.9 Å². The van der Waals surface area contributed by atoms with Gasteiger partial charge in [0.05, 0.1) is 0 Å². The molecule has 1 amide bonds. The van der Waals surface area contributed by atoms with Crippen LogP contribution in [0, 0.1) is 5.41 Å². The number of rotatable bonds is 2. The molecule has 2 aliphatic rings. The average molecular weight is 260 g/mol. The van der Waals surface area contributed by atoms with Crippen LogP contribution in [0.5, 0.6) is 0 Å². The highest BCUT2D eigenvalue weighted by Gasteiger charge is 2.50. The third-order valence-electron chi connectivity index (χ3n) is 4.52. The van der Waals surface area contributed by atoms with E-state index in [1.54, 1.807) is 4.90 Å². The Morgan fingerprint density at radius 2 is 2.11 bits per heavy atom. The second-order valence-electron chi connectivity index (χ2n) is 5.74. The van der Waals surface area contributed by atoms with Gasteiger partial charge >= 0.3 is 6.09 Å². The Morgan fingerprint density at radius 1 is 1.37 bits per heavy atom. The number of hydrogen-bond donors (Lipinski definition) is 1. The van der Waals surface area contributed by atoms with Gasteiger partial charge in [-0.25, -0.2) is 4.79 Å². The third kappa shape index (κ3) is 2.32. The molecule has 1 unspecified atom stereocenters. The maximum atomic E-state index is 12.0. The molecule has 1 saturated carbocycles. The van der Waals surface area contributed by atoms with Crippen LogP contribution in [0.15, 0.2) is 30.3 Å². The van der Waals surface area contributed by atoms with Crippen LogP contribution in [0.2, 0.25) is 0 Å². The molecule has 1 spiro atoms. The molecule has 4 heteroatoms. The van der Waals surface area contributed by atoms with Crippen molar-refractivity contribution in [1.82, 2.24) is 4.90 Å². The van der Waals surface area contributed by atoms with Crippen molar-refractivity contribution in [2.24, 2.45) is 11.1 Å². The fourth-order valence-electron chi connectivity index (χ4n) is 3.10. The first-order valence-corrected chi connectivity index (χ1v) is 6.91. The predicted octanol–water partition coefficient (Wildman–Crippen LogP) is 2.14. The highest BCUT2D eigenvalue weighted by atomic mass is 16.6. The van der Waals surface area contributed by atoms with Crippen molar-refractivity contribution in [3.8, 4) is 0 Å². The van der Waals surface area contributed by atoms with Gasteiger partial charge in [0.1, 0.15) is 6.61 Å². The summed E-state index contributed by atoms with van der Waals surface area (Å²) in [7, 11) is 0. The Hall–Kier alpha value is -1.55. The van der Waals surface area contributed by atoms with Crippen molar-refractivity contribution < 1.29 is 9.53 Å². The van der Waals surface area contributed by atoms with E-state index >= 15 is 0 Å². The molecule has 0 radical (unpaired) electrons. The number of carbonyl (C=O) groups is 1. The van der Waals surface area contributed by atoms with E-state index in [9.17, 15) is 4.79 Å². The average Bonchev–Trinajstić information content (AvgIpc) is 2.75. The number of amides is 1. The van der Waals surface area contributed by atoms with Crippen LogP contribution in [0.25, 0.3) is 0 Å². The Kier molecular flexibility index (Phi) is 3.19. The van der Waals surface area contributed by atoms with Crippen LogP contribution < -0.4 is 5.73 Å². The normalized spacial score (nSPS) is 24.3. The molecule has 2 N–H and O–H groups in total. The number of nitrogens with zero attached hydrogens (tertiary/aromatic N) is 1. The topological polar surface area (TPSA) is 55.6 Å². The minimum Gasteiger partial charge on any atom is -0.445 e. The smallest absolute Gasteiger partial charge is 0.410 e. The molecule has 1 aromatic rings. The molecule has 1 aromatic carbocycles. The van der Waals surface area contributed by atoms with E-state index in [4.69, 9.17) is 10.5 Å². The van der Waals surface area contributed by atoms with Gasteiger partial charge in [0.25, 0.3) is 0 Å². The molecular formula is C15H20N2O2. The minimum atomic E-state index is -0.233. The second kappa shape index (κ2) is 4.85. The number of nitrogens with two attached hydrogens (primary N) is 1. The van der Waals surface area contributed by atoms with E-state index in [2.05, 4.69) is 0 Å². The van der Waals surface area contributed by atoms with Crippen LogP contribution in [0.3, 0.4) is 0 Å². The lowest BCUT2D eigenvalue weighted by molar-refractivity contribution is 0.0869. The summed E-state index contributed by atoms with van der Waals surface area (Å²) in [6.45, 7) is 1.73. The van der Waals surface area contributed by atoms with Gasteiger partial charge in [-0.05, 0) is 18.4 Å². The fraction of sp³-hybridized carbons (Fsp3) is 0.533. The number of hydrogen-bond acceptors (Lipinski definition) is 3. The zero-order valence-electron chi connectivity index (χ0n) is 11.0. The molecule has 4 nitrogen and oxygen atoms in total. The highest BCUT2D eigenvalue weighted by molar-refractivity contribution is 5.68. The predicted molar refractivity (Wildman–Crippen MR) is 72.5 cm³/mol. The minimum absolute atomic E-state index is 0.116. The van der Waals surface area contributed by atoms with Crippen LogP contribution >= 0.6 is 0 Å². The standard InChI is InChI=1S/C15H20N2O2/c16-13-9-17(11-15(13)7-4-8-15)14(18)19-10-12-5-2-1-3-6-12/h1-3,5-6,13H,4,7-11,16H2. The van der Waals surface area contributed by atoms with E-state index < -0.39 is 0 Å². The highest BCUT2D eigenvalue weighted by Crippen LogP contribution is 2.47. The maximum Gasteiger partial charge on any atom is 0.410 e. The monoisotopic (exact) mass is 260 g/mol. The lowest BCUT2D eigenvalue weighted by atomic mass is 9.66. The summed E-state index contributed by atoms with van der Waals surface area (Å²) >= 11 is 0. The van der Waals surface area contributed by atoms with Gasteiger partial charge in [-0.2, -0.15) is 0 Å². The number of ether oxygens (including phenoxy) is 1. The quantitative estimate of drug-likeness (QED) is 0.886. The second-order valence-corrected chi connectivity index (χ2v) is 5.74. The molecule has 19 heavy (non-hydrogen) atoms. The Labute approximate surface area is 113 Å². The van der Waals surface area contributed by atoms with Crippen molar-refractivity contribution in [2.75, 3.05) is 13.1 Å². The summed E-state index contributed by atoms with van der Waals surface area (Å²) in [6, 6.07) is 9.86. The van der Waals surface area contributed by atoms with Crippen LogP contribution in [0.4, 0.5) is 4.79 Å². The molecule has 0 bridgehead atoms. The summed E-state index contributed by atoms with van der Waals surface area (Å²) in [4.78, 5) is 13.8. The summed E-state index contributed by atoms with van der Waals surface area (Å²) in [5.74, 6) is 0. The van der Waals surface area contributed by atoms with Crippen LogP contribution in [-0.4, -0.2) is 30.1 Å².